The second-order valence-electron chi connectivity index (χ2n) is 8.53. The third kappa shape index (κ3) is 21.6. The minimum atomic E-state index is -0.367. The normalized spacial score (nSPS) is 11.9. The minimum Gasteiger partial charge on any atom is -0.457 e. The van der Waals surface area contributed by atoms with Crippen molar-refractivity contribution in [3.63, 3.8) is 0 Å². The van der Waals surface area contributed by atoms with Gasteiger partial charge in [0.05, 0.1) is 13.2 Å². The van der Waals surface area contributed by atoms with Gasteiger partial charge >= 0.3 is 5.97 Å². The highest BCUT2D eigenvalue weighted by atomic mass is 16.6. The van der Waals surface area contributed by atoms with E-state index >= 15 is 0 Å². The molecule has 0 radical (unpaired) electrons. The number of hydrogen-bond donors (Lipinski definition) is 0. The second kappa shape index (κ2) is 24.2. The van der Waals surface area contributed by atoms with Crippen molar-refractivity contribution >= 4 is 5.97 Å². The van der Waals surface area contributed by atoms with Gasteiger partial charge in [-0.2, -0.15) is 0 Å². The van der Waals surface area contributed by atoms with Crippen LogP contribution in [0.5, 0.6) is 0 Å². The molecule has 0 fully saturated rings. The smallest absolute Gasteiger partial charge is 0.330 e. The number of rotatable bonds is 24. The molecule has 0 aromatic carbocycles. The molecular weight excluding hydrogens is 372 g/mol. The molecule has 3 nitrogen and oxygen atoms in total. The van der Waals surface area contributed by atoms with E-state index in [1.165, 1.54) is 109 Å². The van der Waals surface area contributed by atoms with E-state index in [1.54, 1.807) is 6.08 Å². The lowest BCUT2D eigenvalue weighted by atomic mass is 10.0. The van der Waals surface area contributed by atoms with Crippen molar-refractivity contribution in [2.45, 2.75) is 129 Å². The maximum Gasteiger partial charge on any atom is 0.330 e. The Balaban J connectivity index is 3.41. The number of ether oxygens (including phenoxy) is 2. The van der Waals surface area contributed by atoms with Crippen molar-refractivity contribution in [3.05, 3.63) is 25.3 Å². The largest absolute Gasteiger partial charge is 0.457 e. The highest BCUT2D eigenvalue weighted by Crippen LogP contribution is 2.15. The summed E-state index contributed by atoms with van der Waals surface area (Å²) in [5.74, 6) is -0.367. The lowest BCUT2D eigenvalue weighted by molar-refractivity contribution is -0.146. The Bertz CT molecular complexity index is 392. The summed E-state index contributed by atoms with van der Waals surface area (Å²) in [5, 5.41) is 0. The molecule has 0 saturated heterocycles. The molecule has 0 bridgehead atoms. The number of hydrogen-bond acceptors (Lipinski definition) is 3. The third-order valence-electron chi connectivity index (χ3n) is 5.62. The molecule has 0 aliphatic heterocycles. The summed E-state index contributed by atoms with van der Waals surface area (Å²) in [4.78, 5) is 11.4. The lowest BCUT2D eigenvalue weighted by Crippen LogP contribution is -2.22. The molecule has 0 aliphatic rings. The van der Waals surface area contributed by atoms with Crippen LogP contribution in [0.3, 0.4) is 0 Å². The van der Waals surface area contributed by atoms with Crippen LogP contribution in [-0.2, 0) is 14.3 Å². The van der Waals surface area contributed by atoms with E-state index in [1.807, 2.05) is 0 Å². The van der Waals surface area contributed by atoms with Crippen molar-refractivity contribution in [1.29, 1.82) is 0 Å². The van der Waals surface area contributed by atoms with E-state index in [0.29, 0.717) is 13.2 Å². The van der Waals surface area contributed by atoms with Gasteiger partial charge in [-0.1, -0.05) is 122 Å². The molecular formula is C27H50O3. The molecule has 0 spiro atoms. The summed E-state index contributed by atoms with van der Waals surface area (Å²) < 4.78 is 10.8. The van der Waals surface area contributed by atoms with Gasteiger partial charge in [-0.15, -0.1) is 6.58 Å². The van der Waals surface area contributed by atoms with Crippen molar-refractivity contribution in [2.75, 3.05) is 13.2 Å². The molecule has 0 aliphatic carbocycles. The van der Waals surface area contributed by atoms with Crippen LogP contribution in [0.25, 0.3) is 0 Å². The average Bonchev–Trinajstić information content (AvgIpc) is 2.75. The van der Waals surface area contributed by atoms with Crippen LogP contribution in [0, 0.1) is 0 Å². The monoisotopic (exact) mass is 422 g/mol. The molecule has 0 amide bonds. The fourth-order valence-corrected chi connectivity index (χ4v) is 3.77. The number of unbranched alkanes of at least 4 members (excludes halogenated alkanes) is 16. The average molecular weight is 423 g/mol. The van der Waals surface area contributed by atoms with Crippen molar-refractivity contribution < 1.29 is 14.3 Å². The Hall–Kier alpha value is -1.09. The fourth-order valence-electron chi connectivity index (χ4n) is 3.77. The number of esters is 1. The van der Waals surface area contributed by atoms with E-state index in [0.717, 1.165) is 12.8 Å². The van der Waals surface area contributed by atoms with E-state index in [4.69, 9.17) is 9.47 Å². The van der Waals surface area contributed by atoms with Crippen LogP contribution < -0.4 is 0 Å². The molecule has 3 heteroatoms. The molecule has 1 atom stereocenters. The van der Waals surface area contributed by atoms with Crippen LogP contribution >= 0.6 is 0 Å². The topological polar surface area (TPSA) is 35.5 Å². The third-order valence-corrected chi connectivity index (χ3v) is 5.62. The highest BCUT2D eigenvalue weighted by Gasteiger charge is 2.12. The van der Waals surface area contributed by atoms with Crippen molar-refractivity contribution in [1.82, 2.24) is 0 Å². The summed E-state index contributed by atoms with van der Waals surface area (Å²) in [7, 11) is 0. The van der Waals surface area contributed by atoms with Gasteiger partial charge in [0.25, 0.3) is 0 Å². The van der Waals surface area contributed by atoms with E-state index in [-0.39, 0.29) is 12.1 Å². The first kappa shape index (κ1) is 28.9. The van der Waals surface area contributed by atoms with Crippen LogP contribution in [0.4, 0.5) is 0 Å². The van der Waals surface area contributed by atoms with Crippen LogP contribution in [0.1, 0.15) is 122 Å². The zero-order chi connectivity index (χ0) is 22.1. The first-order chi connectivity index (χ1) is 14.7. The van der Waals surface area contributed by atoms with Gasteiger partial charge in [0.1, 0.15) is 6.10 Å². The summed E-state index contributed by atoms with van der Waals surface area (Å²) in [5.41, 5.74) is 0. The van der Waals surface area contributed by atoms with Gasteiger partial charge in [0, 0.05) is 6.08 Å². The molecule has 0 N–H and O–H groups in total. The molecule has 30 heavy (non-hydrogen) atoms. The van der Waals surface area contributed by atoms with Gasteiger partial charge in [0.2, 0.25) is 0 Å². The van der Waals surface area contributed by atoms with Gasteiger partial charge in [0.15, 0.2) is 0 Å². The second-order valence-corrected chi connectivity index (χ2v) is 8.53. The highest BCUT2D eigenvalue weighted by molar-refractivity contribution is 5.81. The van der Waals surface area contributed by atoms with Gasteiger partial charge < -0.3 is 9.47 Å². The summed E-state index contributed by atoms with van der Waals surface area (Å²) in [6, 6.07) is 0. The maximum absolute atomic E-state index is 11.4. The van der Waals surface area contributed by atoms with Gasteiger partial charge in [-0.05, 0) is 12.8 Å². The predicted octanol–water partition coefficient (Wildman–Crippen LogP) is 8.33. The molecule has 0 heterocycles. The Kier molecular flexibility index (Phi) is 23.3. The van der Waals surface area contributed by atoms with Crippen molar-refractivity contribution in [3.8, 4) is 0 Å². The number of carbonyl (C=O) groups is 1. The Morgan fingerprint density at radius 3 is 1.57 bits per heavy atom. The molecule has 0 saturated carbocycles. The Labute approximate surface area is 187 Å². The predicted molar refractivity (Wildman–Crippen MR) is 130 cm³/mol. The molecule has 0 aromatic rings. The Morgan fingerprint density at radius 1 is 0.733 bits per heavy atom. The van der Waals surface area contributed by atoms with E-state index < -0.39 is 0 Å². The first-order valence-corrected chi connectivity index (χ1v) is 12.8. The minimum absolute atomic E-state index is 0.174. The quantitative estimate of drug-likeness (QED) is 0.0678. The van der Waals surface area contributed by atoms with Crippen LogP contribution in [0.15, 0.2) is 25.3 Å². The Morgan fingerprint density at radius 2 is 1.17 bits per heavy atom. The summed E-state index contributed by atoms with van der Waals surface area (Å²) in [6.07, 6.45) is 26.8. The molecule has 0 rings (SSSR count). The van der Waals surface area contributed by atoms with Crippen molar-refractivity contribution in [2.24, 2.45) is 0 Å². The van der Waals surface area contributed by atoms with Gasteiger partial charge in [-0.3, -0.25) is 0 Å². The lowest BCUT2D eigenvalue weighted by Gasteiger charge is -2.16. The first-order valence-electron chi connectivity index (χ1n) is 12.8. The SMILES string of the molecule is C=CCOCC(CCCCCCCCCCCCCCCCCCC)OC(=O)C=C. The zero-order valence-electron chi connectivity index (χ0n) is 20.0. The standard InChI is InChI=1S/C27H50O3/c1-4-7-8-9-10-11-12-13-14-15-16-17-18-19-20-21-22-23-26(25-29-24-5-2)30-27(28)6-3/h5-6,26H,2-4,7-25H2,1H3. The molecule has 1 unspecified atom stereocenters. The number of carbonyl (C=O) groups excluding carboxylic acids is 1. The zero-order valence-corrected chi connectivity index (χ0v) is 20.0. The fraction of sp³-hybridized carbons (Fsp3) is 0.815. The van der Waals surface area contributed by atoms with E-state index in [2.05, 4.69) is 20.1 Å². The molecule has 0 aromatic heterocycles. The summed E-state index contributed by atoms with van der Waals surface area (Å²) >= 11 is 0. The summed E-state index contributed by atoms with van der Waals surface area (Å²) in [6.45, 7) is 10.3. The van der Waals surface area contributed by atoms with E-state index in [9.17, 15) is 4.79 Å². The van der Waals surface area contributed by atoms with Gasteiger partial charge in [-0.25, -0.2) is 4.79 Å². The van der Waals surface area contributed by atoms with Crippen LogP contribution in [0.2, 0.25) is 0 Å². The molecule has 176 valence electrons. The maximum atomic E-state index is 11.4. The van der Waals surface area contributed by atoms with Crippen LogP contribution in [-0.4, -0.2) is 25.3 Å².